The summed E-state index contributed by atoms with van der Waals surface area (Å²) in [4.78, 5) is 4.85. The first-order chi connectivity index (χ1) is 28.8. The van der Waals surface area contributed by atoms with Gasteiger partial charge >= 0.3 is 0 Å². The lowest BCUT2D eigenvalue weighted by Gasteiger charge is -2.45. The molecule has 272 valence electrons. The van der Waals surface area contributed by atoms with Gasteiger partial charge in [-0.2, -0.15) is 0 Å². The second-order valence-corrected chi connectivity index (χ2v) is 16.2. The molecule has 1 aliphatic carbocycles. The van der Waals surface area contributed by atoms with Crippen LogP contribution in [0.25, 0.3) is 42.4 Å². The average molecular weight is 757 g/mol. The quantitative estimate of drug-likeness (QED) is 0.173. The van der Waals surface area contributed by atoms with E-state index in [1.807, 2.05) is 11.3 Å². The summed E-state index contributed by atoms with van der Waals surface area (Å²) in [7, 11) is 0. The highest BCUT2D eigenvalue weighted by Gasteiger charge is 2.52. The van der Waals surface area contributed by atoms with E-state index in [9.17, 15) is 0 Å². The number of anilines is 6. The van der Waals surface area contributed by atoms with Gasteiger partial charge in [0.2, 0.25) is 0 Å². The molecule has 3 heteroatoms. The van der Waals surface area contributed by atoms with Crippen LogP contribution in [0.3, 0.4) is 0 Å². The third kappa shape index (κ3) is 4.59. The molecule has 12 rings (SSSR count). The Morgan fingerprint density at radius 1 is 0.362 bits per heavy atom. The molecule has 2 nitrogen and oxygen atoms in total. The van der Waals surface area contributed by atoms with Crippen molar-refractivity contribution in [2.45, 2.75) is 5.41 Å². The molecule has 0 radical (unpaired) electrons. The largest absolute Gasteiger partial charge is 0.310 e. The van der Waals surface area contributed by atoms with Crippen molar-refractivity contribution in [1.82, 2.24) is 0 Å². The molecular weight excluding hydrogens is 721 g/mol. The van der Waals surface area contributed by atoms with E-state index in [0.717, 1.165) is 17.1 Å². The van der Waals surface area contributed by atoms with Crippen LogP contribution in [0.1, 0.15) is 22.3 Å². The Balaban J connectivity index is 1.12. The second-order valence-electron chi connectivity index (χ2n) is 15.2. The van der Waals surface area contributed by atoms with Crippen molar-refractivity contribution in [1.29, 1.82) is 0 Å². The van der Waals surface area contributed by atoms with E-state index in [4.69, 9.17) is 0 Å². The summed E-state index contributed by atoms with van der Waals surface area (Å²) in [5.41, 5.74) is 16.9. The van der Waals surface area contributed by atoms with Crippen LogP contribution in [-0.4, -0.2) is 0 Å². The lowest BCUT2D eigenvalue weighted by molar-refractivity contribution is 0.753. The van der Waals surface area contributed by atoms with Crippen LogP contribution in [0.15, 0.2) is 218 Å². The molecule has 58 heavy (non-hydrogen) atoms. The van der Waals surface area contributed by atoms with Gasteiger partial charge in [-0.15, -0.1) is 11.3 Å². The van der Waals surface area contributed by atoms with Crippen LogP contribution < -0.4 is 9.80 Å². The molecule has 10 aromatic rings. The highest BCUT2D eigenvalue weighted by atomic mass is 32.1. The third-order valence-corrected chi connectivity index (χ3v) is 13.5. The van der Waals surface area contributed by atoms with Gasteiger partial charge in [-0.3, -0.25) is 0 Å². The molecule has 1 aromatic heterocycles. The Morgan fingerprint density at radius 2 is 0.845 bits per heavy atom. The lowest BCUT2D eigenvalue weighted by atomic mass is 9.64. The van der Waals surface area contributed by atoms with Gasteiger partial charge in [0.1, 0.15) is 0 Å². The Kier molecular flexibility index (Phi) is 7.35. The molecule has 0 unspecified atom stereocenters. The molecule has 0 saturated heterocycles. The van der Waals surface area contributed by atoms with E-state index >= 15 is 0 Å². The Labute approximate surface area is 342 Å². The zero-order chi connectivity index (χ0) is 38.2. The first kappa shape index (κ1) is 33.0. The SMILES string of the molecule is c1ccc(N2c3ccccc3C3(c4ccccc4-c4c(-c5cccc6c5sc5c(N(c7ccccc7)c7ccccc7)cccc56)cccc43)c3ccccc32)cc1. The number of hydrogen-bond donors (Lipinski definition) is 0. The van der Waals surface area contributed by atoms with Crippen LogP contribution in [-0.2, 0) is 5.41 Å². The molecule has 2 aliphatic rings. The predicted octanol–water partition coefficient (Wildman–Crippen LogP) is 15.3. The zero-order valence-electron chi connectivity index (χ0n) is 31.6. The number of thiophene rings is 1. The minimum Gasteiger partial charge on any atom is -0.310 e. The van der Waals surface area contributed by atoms with Gasteiger partial charge in [0.15, 0.2) is 0 Å². The topological polar surface area (TPSA) is 6.48 Å². The Bertz CT molecular complexity index is 3100. The lowest BCUT2D eigenvalue weighted by Crippen LogP contribution is -2.36. The number of para-hydroxylation sites is 5. The second kappa shape index (κ2) is 12.9. The van der Waals surface area contributed by atoms with E-state index in [1.54, 1.807) is 0 Å². The molecule has 0 amide bonds. The standard InChI is InChI=1S/C55H36N2S/c1-4-19-37(20-5-1)56(38-21-6-2-7-22-38)51-36-18-29-43-42-28-16-27-41(53(42)58-54(43)51)40-26-17-33-48-52(40)44-25-10-11-30-45(44)55(48)46-31-12-14-34-49(46)57(39-23-8-3-9-24-39)50-35-15-13-32-47(50)55/h1-36H. The van der Waals surface area contributed by atoms with Gasteiger partial charge in [-0.05, 0) is 93.5 Å². The van der Waals surface area contributed by atoms with Gasteiger partial charge < -0.3 is 9.80 Å². The van der Waals surface area contributed by atoms with Crippen molar-refractivity contribution in [2.75, 3.05) is 9.80 Å². The zero-order valence-corrected chi connectivity index (χ0v) is 32.4. The maximum absolute atomic E-state index is 2.45. The molecule has 1 spiro atoms. The molecule has 1 aliphatic heterocycles. The van der Waals surface area contributed by atoms with Crippen molar-refractivity contribution in [3.8, 4) is 22.3 Å². The fourth-order valence-corrected chi connectivity index (χ4v) is 11.3. The number of hydrogen-bond acceptors (Lipinski definition) is 3. The Hall–Kier alpha value is -7.20. The predicted molar refractivity (Wildman–Crippen MR) is 245 cm³/mol. The van der Waals surface area contributed by atoms with Crippen molar-refractivity contribution in [3.05, 3.63) is 241 Å². The number of fused-ring (bicyclic) bond motifs is 12. The summed E-state index contributed by atoms with van der Waals surface area (Å²) in [5.74, 6) is 0. The fraction of sp³-hybridized carbons (Fsp3) is 0.0182. The first-order valence-corrected chi connectivity index (χ1v) is 20.8. The minimum atomic E-state index is -0.506. The van der Waals surface area contributed by atoms with Gasteiger partial charge in [0, 0.05) is 38.1 Å². The summed E-state index contributed by atoms with van der Waals surface area (Å²) >= 11 is 1.91. The maximum atomic E-state index is 2.45. The minimum absolute atomic E-state index is 0.506. The first-order valence-electron chi connectivity index (χ1n) is 19.9. The van der Waals surface area contributed by atoms with Gasteiger partial charge in [-0.25, -0.2) is 0 Å². The molecule has 0 fully saturated rings. The average Bonchev–Trinajstić information content (AvgIpc) is 3.83. The van der Waals surface area contributed by atoms with E-state index in [2.05, 4.69) is 228 Å². The molecule has 9 aromatic carbocycles. The molecular formula is C55H36N2S. The van der Waals surface area contributed by atoms with E-state index in [-0.39, 0.29) is 0 Å². The van der Waals surface area contributed by atoms with Crippen molar-refractivity contribution in [3.63, 3.8) is 0 Å². The normalized spacial score (nSPS) is 13.3. The maximum Gasteiger partial charge on any atom is 0.0754 e. The summed E-state index contributed by atoms with van der Waals surface area (Å²) in [6.45, 7) is 0. The molecule has 0 bridgehead atoms. The van der Waals surface area contributed by atoms with Gasteiger partial charge in [-0.1, -0.05) is 164 Å². The summed E-state index contributed by atoms with van der Waals surface area (Å²) in [5, 5.41) is 2.56. The van der Waals surface area contributed by atoms with Crippen LogP contribution in [0.5, 0.6) is 0 Å². The molecule has 2 heterocycles. The summed E-state index contributed by atoms with van der Waals surface area (Å²) < 4.78 is 2.58. The Morgan fingerprint density at radius 3 is 1.52 bits per heavy atom. The van der Waals surface area contributed by atoms with Crippen LogP contribution in [0.2, 0.25) is 0 Å². The van der Waals surface area contributed by atoms with E-state index in [0.29, 0.717) is 0 Å². The van der Waals surface area contributed by atoms with Gasteiger partial charge in [0.25, 0.3) is 0 Å². The molecule has 0 saturated carbocycles. The highest BCUT2D eigenvalue weighted by molar-refractivity contribution is 7.27. The highest BCUT2D eigenvalue weighted by Crippen LogP contribution is 2.64. The van der Waals surface area contributed by atoms with E-state index < -0.39 is 5.41 Å². The van der Waals surface area contributed by atoms with Crippen LogP contribution in [0, 0.1) is 0 Å². The van der Waals surface area contributed by atoms with Crippen LogP contribution in [0.4, 0.5) is 34.1 Å². The third-order valence-electron chi connectivity index (χ3n) is 12.2. The van der Waals surface area contributed by atoms with Crippen molar-refractivity contribution >= 4 is 65.6 Å². The fourth-order valence-electron chi connectivity index (χ4n) is 10.0. The van der Waals surface area contributed by atoms with Crippen molar-refractivity contribution < 1.29 is 0 Å². The van der Waals surface area contributed by atoms with E-state index in [1.165, 1.54) is 81.7 Å². The summed E-state index contributed by atoms with van der Waals surface area (Å²) in [6, 6.07) is 80.3. The smallest absolute Gasteiger partial charge is 0.0754 e. The monoisotopic (exact) mass is 756 g/mol. The van der Waals surface area contributed by atoms with Gasteiger partial charge in [0.05, 0.1) is 27.2 Å². The molecule has 0 N–H and O–H groups in total. The molecule has 0 atom stereocenters. The number of nitrogens with zero attached hydrogens (tertiary/aromatic N) is 2. The van der Waals surface area contributed by atoms with Crippen LogP contribution >= 0.6 is 11.3 Å². The number of rotatable bonds is 5. The number of benzene rings is 9. The van der Waals surface area contributed by atoms with Crippen molar-refractivity contribution in [2.24, 2.45) is 0 Å². The summed E-state index contributed by atoms with van der Waals surface area (Å²) in [6.07, 6.45) is 0.